The van der Waals surface area contributed by atoms with E-state index in [4.69, 9.17) is 0 Å². The number of para-hydroxylation sites is 2. The summed E-state index contributed by atoms with van der Waals surface area (Å²) < 4.78 is 5.34. The van der Waals surface area contributed by atoms with Crippen molar-refractivity contribution in [2.75, 3.05) is 4.90 Å². The van der Waals surface area contributed by atoms with Crippen LogP contribution in [0.25, 0.3) is 81.0 Å². The van der Waals surface area contributed by atoms with Crippen LogP contribution in [0.2, 0.25) is 0 Å². The molecule has 5 aliphatic rings. The van der Waals surface area contributed by atoms with Gasteiger partial charge in [0.05, 0.1) is 22.4 Å². The van der Waals surface area contributed by atoms with Gasteiger partial charge in [-0.2, -0.15) is 0 Å². The maximum atomic E-state index is 2.68. The standard InChI is InChI=1S/C68H54N2S/c1-40-35-42-37-43-38-44(36-40)68(65(42)43)55-22-10-12-24-59(55)70-58-23-11-7-18-52(58)64-60(34-33-56(68)66(64)70)69(46-31-32-50-49-17-6-9-21-54(49)67(2,3)57(50)39-46)45-29-27-41(28-30-45)47-15-4-5-16-48(47)51-20-14-26-62-63(51)53-19-8-13-25-61(53)71-62/h4-34,39-40,42-44,65H,35-38H2,1-3H3/t40-,42+,43+,44-,65?,68?/m0/s1. The molecule has 4 aliphatic carbocycles. The molecule has 16 rings (SSSR count). The molecular formula is C68H54N2S. The number of fused-ring (bicyclic) bond motifs is 11. The molecule has 3 fully saturated rings. The molecule has 6 atom stereocenters. The highest BCUT2D eigenvalue weighted by molar-refractivity contribution is 7.25. The lowest BCUT2D eigenvalue weighted by Gasteiger charge is -2.52. The van der Waals surface area contributed by atoms with Gasteiger partial charge in [-0.15, -0.1) is 11.3 Å². The third kappa shape index (κ3) is 5.27. The minimum atomic E-state index is -0.138. The van der Waals surface area contributed by atoms with Gasteiger partial charge in [0.1, 0.15) is 0 Å². The van der Waals surface area contributed by atoms with Crippen molar-refractivity contribution in [2.45, 2.75) is 57.3 Å². The molecule has 3 heteroatoms. The van der Waals surface area contributed by atoms with Crippen molar-refractivity contribution in [1.29, 1.82) is 0 Å². The largest absolute Gasteiger partial charge is 0.310 e. The molecule has 0 amide bonds. The monoisotopic (exact) mass is 930 g/mol. The van der Waals surface area contributed by atoms with Crippen LogP contribution < -0.4 is 4.90 Å². The Morgan fingerprint density at radius 1 is 0.493 bits per heavy atom. The van der Waals surface area contributed by atoms with Gasteiger partial charge >= 0.3 is 0 Å². The molecule has 0 N–H and O–H groups in total. The highest BCUT2D eigenvalue weighted by atomic mass is 32.1. The SMILES string of the molecule is C[C@H]1C[C@@H]2C[C@@H]3C[C@H](C1)C1(c4ccccc4-n4c5ccccc5c5c(N(c6ccc(-c7ccccc7-c7cccc8sc9ccccc9c78)cc6)c6ccc7c(c6)C(C)(C)c6ccccc6-7)ccc1c54)C23. The van der Waals surface area contributed by atoms with Crippen LogP contribution in [0.4, 0.5) is 17.1 Å². The van der Waals surface area contributed by atoms with Crippen molar-refractivity contribution in [3.8, 4) is 39.1 Å². The molecule has 2 unspecified atom stereocenters. The first-order valence-corrected chi connectivity index (χ1v) is 27.0. The van der Waals surface area contributed by atoms with Gasteiger partial charge in [0.2, 0.25) is 0 Å². The summed E-state index contributed by atoms with van der Waals surface area (Å²) in [6.45, 7) is 7.37. The Bertz CT molecular complexity index is 4050. The van der Waals surface area contributed by atoms with E-state index in [1.807, 2.05) is 11.3 Å². The van der Waals surface area contributed by atoms with Crippen LogP contribution in [-0.4, -0.2) is 4.57 Å². The zero-order valence-electron chi connectivity index (χ0n) is 40.5. The zero-order valence-corrected chi connectivity index (χ0v) is 41.3. The second-order valence-corrected chi connectivity index (χ2v) is 23.6. The van der Waals surface area contributed by atoms with Gasteiger partial charge in [0, 0.05) is 53.1 Å². The summed E-state index contributed by atoms with van der Waals surface area (Å²) in [6, 6.07) is 74.7. The van der Waals surface area contributed by atoms with Crippen LogP contribution in [0, 0.1) is 29.6 Å². The van der Waals surface area contributed by atoms with E-state index in [-0.39, 0.29) is 10.8 Å². The lowest BCUT2D eigenvalue weighted by Crippen LogP contribution is -2.48. The van der Waals surface area contributed by atoms with Crippen LogP contribution in [0.1, 0.15) is 68.7 Å². The van der Waals surface area contributed by atoms with E-state index >= 15 is 0 Å². The van der Waals surface area contributed by atoms with Crippen molar-refractivity contribution in [2.24, 2.45) is 29.6 Å². The van der Waals surface area contributed by atoms with Crippen LogP contribution in [0.15, 0.2) is 194 Å². The van der Waals surface area contributed by atoms with Gasteiger partial charge < -0.3 is 9.47 Å². The Labute approximate surface area is 419 Å². The molecule has 1 spiro atoms. The summed E-state index contributed by atoms with van der Waals surface area (Å²) in [5.41, 5.74) is 21.2. The van der Waals surface area contributed by atoms with Crippen LogP contribution in [0.5, 0.6) is 0 Å². The van der Waals surface area contributed by atoms with Gasteiger partial charge in [0.15, 0.2) is 0 Å². The zero-order chi connectivity index (χ0) is 46.9. The Morgan fingerprint density at radius 3 is 2.04 bits per heavy atom. The first-order valence-electron chi connectivity index (χ1n) is 26.2. The number of hydrogen-bond donors (Lipinski definition) is 0. The van der Waals surface area contributed by atoms with Gasteiger partial charge in [-0.1, -0.05) is 160 Å². The van der Waals surface area contributed by atoms with Gasteiger partial charge in [-0.25, -0.2) is 0 Å². The number of rotatable bonds is 5. The van der Waals surface area contributed by atoms with Crippen molar-refractivity contribution in [3.63, 3.8) is 0 Å². The Kier molecular flexibility index (Phi) is 8.25. The van der Waals surface area contributed by atoms with Crippen molar-refractivity contribution in [1.82, 2.24) is 4.57 Å². The molecule has 1 aliphatic heterocycles. The van der Waals surface area contributed by atoms with Crippen LogP contribution in [0.3, 0.4) is 0 Å². The number of thiophene rings is 1. The highest BCUT2D eigenvalue weighted by Crippen LogP contribution is 2.73. The first kappa shape index (κ1) is 40.5. The van der Waals surface area contributed by atoms with Crippen LogP contribution >= 0.6 is 11.3 Å². The fourth-order valence-electron chi connectivity index (χ4n) is 16.1. The fourth-order valence-corrected chi connectivity index (χ4v) is 17.3. The minimum absolute atomic E-state index is 0.0129. The Balaban J connectivity index is 0.934. The Morgan fingerprint density at radius 2 is 1.17 bits per heavy atom. The molecule has 2 nitrogen and oxygen atoms in total. The molecule has 3 heterocycles. The van der Waals surface area contributed by atoms with E-state index in [0.717, 1.165) is 23.4 Å². The fraction of sp³-hybridized carbons (Fsp3) is 0.206. The predicted octanol–water partition coefficient (Wildman–Crippen LogP) is 18.6. The second kappa shape index (κ2) is 14.5. The van der Waals surface area contributed by atoms with E-state index in [2.05, 4.69) is 224 Å². The molecule has 11 aromatic rings. The van der Waals surface area contributed by atoms with Crippen molar-refractivity contribution in [3.05, 3.63) is 216 Å². The molecule has 342 valence electrons. The third-order valence-electron chi connectivity index (χ3n) is 18.7. The summed E-state index contributed by atoms with van der Waals surface area (Å²) >= 11 is 1.89. The quantitative estimate of drug-likeness (QED) is 0.167. The minimum Gasteiger partial charge on any atom is -0.310 e. The number of anilines is 3. The van der Waals surface area contributed by atoms with E-state index < -0.39 is 0 Å². The molecule has 9 aromatic carbocycles. The lowest BCUT2D eigenvalue weighted by molar-refractivity contribution is 0.0521. The van der Waals surface area contributed by atoms with Gasteiger partial charge in [-0.3, -0.25) is 0 Å². The van der Waals surface area contributed by atoms with E-state index in [0.29, 0.717) is 11.8 Å². The van der Waals surface area contributed by atoms with E-state index in [9.17, 15) is 0 Å². The first-order chi connectivity index (χ1) is 34.9. The highest BCUT2D eigenvalue weighted by Gasteiger charge is 2.67. The average Bonchev–Trinajstić information content (AvgIpc) is 4.08. The molecule has 2 bridgehead atoms. The number of nitrogens with zero attached hydrogens (tertiary/aromatic N) is 2. The summed E-state index contributed by atoms with van der Waals surface area (Å²) in [5.74, 6) is 3.69. The maximum absolute atomic E-state index is 2.68. The third-order valence-corrected chi connectivity index (χ3v) is 19.9. The van der Waals surface area contributed by atoms with E-state index in [1.54, 1.807) is 11.1 Å². The molecule has 71 heavy (non-hydrogen) atoms. The molecule has 0 radical (unpaired) electrons. The van der Waals surface area contributed by atoms with Crippen molar-refractivity contribution < 1.29 is 0 Å². The summed E-state index contributed by atoms with van der Waals surface area (Å²) in [5, 5.41) is 5.36. The molecule has 3 saturated carbocycles. The maximum Gasteiger partial charge on any atom is 0.0603 e. The Hall–Kier alpha value is -7.20. The molecule has 2 aromatic heterocycles. The topological polar surface area (TPSA) is 8.17 Å². The van der Waals surface area contributed by atoms with Crippen molar-refractivity contribution >= 4 is 70.4 Å². The summed E-state index contributed by atoms with van der Waals surface area (Å²) in [7, 11) is 0. The average molecular weight is 931 g/mol. The van der Waals surface area contributed by atoms with Crippen LogP contribution in [-0.2, 0) is 10.8 Å². The predicted molar refractivity (Wildman–Crippen MR) is 299 cm³/mol. The molecule has 0 saturated heterocycles. The number of aromatic nitrogens is 1. The second-order valence-electron chi connectivity index (χ2n) is 22.5. The molecular weight excluding hydrogens is 877 g/mol. The van der Waals surface area contributed by atoms with Gasteiger partial charge in [0.25, 0.3) is 0 Å². The number of hydrogen-bond acceptors (Lipinski definition) is 2. The number of benzene rings is 9. The normalized spacial score (nSPS) is 22.9. The lowest BCUT2D eigenvalue weighted by atomic mass is 9.52. The smallest absolute Gasteiger partial charge is 0.0603 e. The van der Waals surface area contributed by atoms with Gasteiger partial charge in [-0.05, 0) is 166 Å². The summed E-state index contributed by atoms with van der Waals surface area (Å²) in [4.78, 5) is 2.61. The van der Waals surface area contributed by atoms with E-state index in [1.165, 1.54) is 129 Å². The summed E-state index contributed by atoms with van der Waals surface area (Å²) in [6.07, 6.45) is 5.46.